The van der Waals surface area contributed by atoms with E-state index in [2.05, 4.69) is 10.3 Å². The minimum Gasteiger partial charge on any atom is -0.380 e. The summed E-state index contributed by atoms with van der Waals surface area (Å²) in [5.41, 5.74) is 1.88. The lowest BCUT2D eigenvalue weighted by molar-refractivity contribution is -0.384. The SMILES string of the molecule is Cc1ccc([N+](=O)[O-])cc1NC(C)Cn1ccnc1. The zero-order valence-electron chi connectivity index (χ0n) is 10.9. The third-order valence-electron chi connectivity index (χ3n) is 2.88. The maximum Gasteiger partial charge on any atom is 0.271 e. The number of nitro benzene ring substituents is 1. The third-order valence-corrected chi connectivity index (χ3v) is 2.88. The van der Waals surface area contributed by atoms with Gasteiger partial charge in [0.05, 0.1) is 11.3 Å². The smallest absolute Gasteiger partial charge is 0.271 e. The molecule has 1 unspecified atom stereocenters. The number of anilines is 1. The summed E-state index contributed by atoms with van der Waals surface area (Å²) in [6, 6.07) is 4.99. The number of nitro groups is 1. The Hall–Kier alpha value is -2.37. The normalized spacial score (nSPS) is 12.1. The van der Waals surface area contributed by atoms with E-state index in [-0.39, 0.29) is 16.7 Å². The van der Waals surface area contributed by atoms with Crippen LogP contribution in [0.1, 0.15) is 12.5 Å². The molecule has 0 aliphatic rings. The predicted octanol–water partition coefficient (Wildman–Crippen LogP) is 2.60. The minimum atomic E-state index is -0.384. The van der Waals surface area contributed by atoms with Crippen molar-refractivity contribution in [1.29, 1.82) is 0 Å². The molecule has 19 heavy (non-hydrogen) atoms. The Morgan fingerprint density at radius 1 is 1.53 bits per heavy atom. The van der Waals surface area contributed by atoms with Crippen molar-refractivity contribution in [3.8, 4) is 0 Å². The molecular formula is C13H16N4O2. The zero-order chi connectivity index (χ0) is 13.8. The number of hydrogen-bond donors (Lipinski definition) is 1. The van der Waals surface area contributed by atoms with Crippen LogP contribution in [-0.4, -0.2) is 20.5 Å². The fraction of sp³-hybridized carbons (Fsp3) is 0.308. The monoisotopic (exact) mass is 260 g/mol. The van der Waals surface area contributed by atoms with Crippen molar-refractivity contribution < 1.29 is 4.92 Å². The maximum absolute atomic E-state index is 10.8. The average Bonchev–Trinajstić information content (AvgIpc) is 2.84. The van der Waals surface area contributed by atoms with Crippen molar-refractivity contribution in [2.45, 2.75) is 26.4 Å². The van der Waals surface area contributed by atoms with Gasteiger partial charge in [-0.3, -0.25) is 10.1 Å². The van der Waals surface area contributed by atoms with Crippen LogP contribution in [0.15, 0.2) is 36.9 Å². The van der Waals surface area contributed by atoms with Crippen LogP contribution in [0.4, 0.5) is 11.4 Å². The van der Waals surface area contributed by atoms with Crippen LogP contribution in [0, 0.1) is 17.0 Å². The Morgan fingerprint density at radius 2 is 2.32 bits per heavy atom. The largest absolute Gasteiger partial charge is 0.380 e. The van der Waals surface area contributed by atoms with Gasteiger partial charge in [-0.05, 0) is 19.4 Å². The number of benzene rings is 1. The second-order valence-electron chi connectivity index (χ2n) is 4.56. The molecule has 0 aliphatic carbocycles. The molecule has 1 N–H and O–H groups in total. The van der Waals surface area contributed by atoms with Gasteiger partial charge >= 0.3 is 0 Å². The Morgan fingerprint density at radius 3 is 2.95 bits per heavy atom. The van der Waals surface area contributed by atoms with Crippen LogP contribution < -0.4 is 5.32 Å². The Labute approximate surface area is 111 Å². The van der Waals surface area contributed by atoms with Crippen molar-refractivity contribution >= 4 is 11.4 Å². The van der Waals surface area contributed by atoms with E-state index >= 15 is 0 Å². The molecule has 6 heteroatoms. The molecule has 1 atom stereocenters. The number of hydrogen-bond acceptors (Lipinski definition) is 4. The quantitative estimate of drug-likeness (QED) is 0.662. The molecule has 2 rings (SSSR count). The summed E-state index contributed by atoms with van der Waals surface area (Å²) in [4.78, 5) is 14.4. The Balaban J connectivity index is 2.09. The molecule has 0 bridgehead atoms. The second kappa shape index (κ2) is 5.51. The average molecular weight is 260 g/mol. The second-order valence-corrected chi connectivity index (χ2v) is 4.56. The standard InChI is InChI=1S/C13H16N4O2/c1-10-3-4-12(17(18)19)7-13(10)15-11(2)8-16-6-5-14-9-16/h3-7,9,11,15H,8H2,1-2H3. The molecule has 0 aliphatic heterocycles. The number of rotatable bonds is 5. The number of imidazole rings is 1. The molecule has 1 aromatic carbocycles. The number of nitrogens with zero attached hydrogens (tertiary/aromatic N) is 3. The molecule has 0 fully saturated rings. The molecule has 0 amide bonds. The molecule has 2 aromatic rings. The van der Waals surface area contributed by atoms with E-state index < -0.39 is 0 Å². The molecule has 0 saturated heterocycles. The number of non-ortho nitro benzene ring substituents is 1. The highest BCUT2D eigenvalue weighted by Crippen LogP contribution is 2.22. The molecular weight excluding hydrogens is 244 g/mol. The van der Waals surface area contributed by atoms with Gasteiger partial charge in [0.1, 0.15) is 0 Å². The number of nitrogens with one attached hydrogen (secondary N) is 1. The lowest BCUT2D eigenvalue weighted by Gasteiger charge is -2.17. The first-order valence-electron chi connectivity index (χ1n) is 6.03. The van der Waals surface area contributed by atoms with Gasteiger partial charge in [0.25, 0.3) is 5.69 Å². The summed E-state index contributed by atoms with van der Waals surface area (Å²) < 4.78 is 1.96. The molecule has 1 heterocycles. The number of aryl methyl sites for hydroxylation is 1. The van der Waals surface area contributed by atoms with E-state index in [0.29, 0.717) is 0 Å². The first kappa shape index (κ1) is 13.1. The minimum absolute atomic E-state index is 0.0999. The van der Waals surface area contributed by atoms with Crippen LogP contribution in [0.3, 0.4) is 0 Å². The van der Waals surface area contributed by atoms with Crippen molar-refractivity contribution in [1.82, 2.24) is 9.55 Å². The van der Waals surface area contributed by atoms with Crippen molar-refractivity contribution in [3.63, 3.8) is 0 Å². The van der Waals surface area contributed by atoms with E-state index in [1.807, 2.05) is 24.6 Å². The number of aromatic nitrogens is 2. The fourth-order valence-corrected chi connectivity index (χ4v) is 1.90. The van der Waals surface area contributed by atoms with Crippen LogP contribution >= 0.6 is 0 Å². The van der Waals surface area contributed by atoms with Gasteiger partial charge in [0, 0.05) is 42.8 Å². The van der Waals surface area contributed by atoms with Gasteiger partial charge in [0.15, 0.2) is 0 Å². The Kier molecular flexibility index (Phi) is 3.79. The first-order valence-corrected chi connectivity index (χ1v) is 6.03. The molecule has 1 aromatic heterocycles. The highest BCUT2D eigenvalue weighted by molar-refractivity contribution is 5.57. The van der Waals surface area contributed by atoms with Crippen LogP contribution in [0.5, 0.6) is 0 Å². The topological polar surface area (TPSA) is 73.0 Å². The molecule has 0 radical (unpaired) electrons. The predicted molar refractivity (Wildman–Crippen MR) is 73.1 cm³/mol. The summed E-state index contributed by atoms with van der Waals surface area (Å²) in [7, 11) is 0. The van der Waals surface area contributed by atoms with Crippen LogP contribution in [-0.2, 0) is 6.54 Å². The van der Waals surface area contributed by atoms with Gasteiger partial charge in [-0.2, -0.15) is 0 Å². The van der Waals surface area contributed by atoms with E-state index in [4.69, 9.17) is 0 Å². The van der Waals surface area contributed by atoms with Crippen molar-refractivity contribution in [2.24, 2.45) is 0 Å². The Bertz CT molecular complexity index is 566. The maximum atomic E-state index is 10.8. The lowest BCUT2D eigenvalue weighted by atomic mass is 10.1. The summed E-state index contributed by atoms with van der Waals surface area (Å²) in [6.45, 7) is 4.70. The highest BCUT2D eigenvalue weighted by Gasteiger charge is 2.10. The van der Waals surface area contributed by atoms with E-state index in [1.165, 1.54) is 6.07 Å². The summed E-state index contributed by atoms with van der Waals surface area (Å²) in [5, 5.41) is 14.1. The van der Waals surface area contributed by atoms with Crippen LogP contribution in [0.25, 0.3) is 0 Å². The van der Waals surface area contributed by atoms with Crippen molar-refractivity contribution in [3.05, 3.63) is 52.6 Å². The van der Waals surface area contributed by atoms with Gasteiger partial charge in [0.2, 0.25) is 0 Å². The van der Waals surface area contributed by atoms with E-state index in [0.717, 1.165) is 17.8 Å². The van der Waals surface area contributed by atoms with E-state index in [1.54, 1.807) is 24.7 Å². The molecule has 0 spiro atoms. The fourth-order valence-electron chi connectivity index (χ4n) is 1.90. The lowest BCUT2D eigenvalue weighted by Crippen LogP contribution is -2.21. The summed E-state index contributed by atoms with van der Waals surface area (Å²) >= 11 is 0. The summed E-state index contributed by atoms with van der Waals surface area (Å²) in [6.07, 6.45) is 5.36. The molecule has 6 nitrogen and oxygen atoms in total. The molecule has 0 saturated carbocycles. The van der Waals surface area contributed by atoms with Crippen molar-refractivity contribution in [2.75, 3.05) is 5.32 Å². The highest BCUT2D eigenvalue weighted by atomic mass is 16.6. The van der Waals surface area contributed by atoms with Gasteiger partial charge in [-0.15, -0.1) is 0 Å². The van der Waals surface area contributed by atoms with E-state index in [9.17, 15) is 10.1 Å². The zero-order valence-corrected chi connectivity index (χ0v) is 10.9. The van der Waals surface area contributed by atoms with Gasteiger partial charge in [-0.1, -0.05) is 6.07 Å². The third kappa shape index (κ3) is 3.31. The van der Waals surface area contributed by atoms with Gasteiger partial charge < -0.3 is 9.88 Å². The first-order chi connectivity index (χ1) is 9.06. The molecule has 100 valence electrons. The summed E-state index contributed by atoms with van der Waals surface area (Å²) in [5.74, 6) is 0. The van der Waals surface area contributed by atoms with Gasteiger partial charge in [-0.25, -0.2) is 4.98 Å². The van der Waals surface area contributed by atoms with Crippen LogP contribution in [0.2, 0.25) is 0 Å².